The van der Waals surface area contributed by atoms with Crippen LogP contribution in [0.5, 0.6) is 0 Å². The second kappa shape index (κ2) is 6.83. The van der Waals surface area contributed by atoms with Crippen molar-refractivity contribution in [2.45, 2.75) is 25.0 Å². The predicted octanol–water partition coefficient (Wildman–Crippen LogP) is 1.74. The Balaban J connectivity index is 1.37. The maximum atomic E-state index is 6.22. The molecular formula is C18H23N5O. The van der Waals surface area contributed by atoms with Crippen LogP contribution in [0.2, 0.25) is 0 Å². The minimum atomic E-state index is -0.0494. The summed E-state index contributed by atoms with van der Waals surface area (Å²) in [6, 6.07) is 6.04. The quantitative estimate of drug-likeness (QED) is 0.857. The SMILES string of the molecule is c1cnc(N2CCOC3(CCN(Cc4ccncc4)CC3)C2)nc1. The summed E-state index contributed by atoms with van der Waals surface area (Å²) in [5.74, 6) is 0.819. The molecule has 24 heavy (non-hydrogen) atoms. The molecule has 4 rings (SSSR count). The van der Waals surface area contributed by atoms with Gasteiger partial charge in [-0.25, -0.2) is 9.97 Å². The molecule has 0 saturated carbocycles. The third-order valence-electron chi connectivity index (χ3n) is 5.01. The zero-order valence-corrected chi connectivity index (χ0v) is 13.8. The molecule has 6 heteroatoms. The number of hydrogen-bond acceptors (Lipinski definition) is 6. The van der Waals surface area contributed by atoms with Crippen molar-refractivity contribution in [2.75, 3.05) is 37.7 Å². The van der Waals surface area contributed by atoms with Gasteiger partial charge in [0, 0.05) is 51.0 Å². The first-order valence-corrected chi connectivity index (χ1v) is 8.60. The van der Waals surface area contributed by atoms with Gasteiger partial charge in [0.2, 0.25) is 5.95 Å². The lowest BCUT2D eigenvalue weighted by Crippen LogP contribution is -2.57. The van der Waals surface area contributed by atoms with Crippen LogP contribution in [0.15, 0.2) is 43.0 Å². The van der Waals surface area contributed by atoms with Crippen molar-refractivity contribution in [2.24, 2.45) is 0 Å². The molecule has 1 spiro atoms. The molecule has 2 aliphatic rings. The number of morpholine rings is 1. The average molecular weight is 325 g/mol. The number of nitrogens with zero attached hydrogens (tertiary/aromatic N) is 5. The van der Waals surface area contributed by atoms with Crippen LogP contribution in [0.3, 0.4) is 0 Å². The predicted molar refractivity (Wildman–Crippen MR) is 91.7 cm³/mol. The Bertz CT molecular complexity index is 643. The van der Waals surface area contributed by atoms with Crippen molar-refractivity contribution >= 4 is 5.95 Å². The van der Waals surface area contributed by atoms with E-state index >= 15 is 0 Å². The van der Waals surface area contributed by atoms with Crippen LogP contribution in [0.25, 0.3) is 0 Å². The summed E-state index contributed by atoms with van der Waals surface area (Å²) in [6.45, 7) is 5.62. The van der Waals surface area contributed by atoms with Crippen LogP contribution in [-0.2, 0) is 11.3 Å². The van der Waals surface area contributed by atoms with Crippen molar-refractivity contribution in [3.63, 3.8) is 0 Å². The lowest BCUT2D eigenvalue weighted by molar-refractivity contribution is -0.0924. The highest BCUT2D eigenvalue weighted by atomic mass is 16.5. The minimum absolute atomic E-state index is 0.0494. The third-order valence-corrected chi connectivity index (χ3v) is 5.01. The van der Waals surface area contributed by atoms with Gasteiger partial charge < -0.3 is 9.64 Å². The van der Waals surface area contributed by atoms with E-state index < -0.39 is 0 Å². The fourth-order valence-electron chi connectivity index (χ4n) is 3.64. The Morgan fingerprint density at radius 2 is 1.75 bits per heavy atom. The number of ether oxygens (including phenoxy) is 1. The molecule has 2 aromatic rings. The molecule has 0 radical (unpaired) electrons. The molecular weight excluding hydrogens is 302 g/mol. The fraction of sp³-hybridized carbons (Fsp3) is 0.500. The molecule has 0 unspecified atom stereocenters. The van der Waals surface area contributed by atoms with Crippen LogP contribution < -0.4 is 4.90 Å². The zero-order valence-electron chi connectivity index (χ0n) is 13.8. The summed E-state index contributed by atoms with van der Waals surface area (Å²) in [4.78, 5) is 17.6. The van der Waals surface area contributed by atoms with Gasteiger partial charge in [0.25, 0.3) is 0 Å². The maximum absolute atomic E-state index is 6.22. The summed E-state index contributed by atoms with van der Waals surface area (Å²) in [5.41, 5.74) is 1.27. The fourth-order valence-corrected chi connectivity index (χ4v) is 3.64. The van der Waals surface area contributed by atoms with Gasteiger partial charge in [-0.3, -0.25) is 9.88 Å². The summed E-state index contributed by atoms with van der Waals surface area (Å²) >= 11 is 0. The first-order chi connectivity index (χ1) is 11.8. The number of anilines is 1. The van der Waals surface area contributed by atoms with Crippen LogP contribution in [-0.4, -0.2) is 58.2 Å². The van der Waals surface area contributed by atoms with E-state index in [4.69, 9.17) is 4.74 Å². The Morgan fingerprint density at radius 3 is 2.50 bits per heavy atom. The number of aromatic nitrogens is 3. The van der Waals surface area contributed by atoms with E-state index in [1.807, 2.05) is 30.9 Å². The molecule has 6 nitrogen and oxygen atoms in total. The van der Waals surface area contributed by atoms with Gasteiger partial charge in [-0.05, 0) is 36.6 Å². The topological polar surface area (TPSA) is 54.4 Å². The summed E-state index contributed by atoms with van der Waals surface area (Å²) in [5, 5.41) is 0. The summed E-state index contributed by atoms with van der Waals surface area (Å²) in [7, 11) is 0. The molecule has 126 valence electrons. The second-order valence-electron chi connectivity index (χ2n) is 6.63. The first kappa shape index (κ1) is 15.5. The van der Waals surface area contributed by atoms with E-state index in [1.165, 1.54) is 5.56 Å². The Labute approximate surface area is 142 Å². The van der Waals surface area contributed by atoms with Crippen molar-refractivity contribution in [1.29, 1.82) is 0 Å². The molecule has 2 aliphatic heterocycles. The van der Waals surface area contributed by atoms with E-state index in [-0.39, 0.29) is 5.60 Å². The molecule has 0 aliphatic carbocycles. The highest BCUT2D eigenvalue weighted by Gasteiger charge is 2.40. The highest BCUT2D eigenvalue weighted by Crippen LogP contribution is 2.31. The van der Waals surface area contributed by atoms with Crippen LogP contribution in [0.4, 0.5) is 5.95 Å². The van der Waals surface area contributed by atoms with Crippen molar-refractivity contribution < 1.29 is 4.74 Å². The van der Waals surface area contributed by atoms with E-state index in [9.17, 15) is 0 Å². The zero-order chi connectivity index (χ0) is 16.2. The highest BCUT2D eigenvalue weighted by molar-refractivity contribution is 5.30. The number of likely N-dealkylation sites (tertiary alicyclic amines) is 1. The largest absolute Gasteiger partial charge is 0.371 e. The second-order valence-corrected chi connectivity index (χ2v) is 6.63. The lowest BCUT2D eigenvalue weighted by Gasteiger charge is -2.47. The molecule has 4 heterocycles. The first-order valence-electron chi connectivity index (χ1n) is 8.60. The van der Waals surface area contributed by atoms with Gasteiger partial charge in [-0.1, -0.05) is 0 Å². The Morgan fingerprint density at radius 1 is 1.00 bits per heavy atom. The molecule has 0 bridgehead atoms. The van der Waals surface area contributed by atoms with E-state index in [2.05, 4.69) is 36.9 Å². The van der Waals surface area contributed by atoms with Crippen LogP contribution in [0, 0.1) is 0 Å². The number of piperidine rings is 1. The minimum Gasteiger partial charge on any atom is -0.371 e. The normalized spacial score (nSPS) is 21.1. The Hall–Kier alpha value is -2.05. The van der Waals surface area contributed by atoms with E-state index in [1.54, 1.807) is 0 Å². The van der Waals surface area contributed by atoms with Crippen molar-refractivity contribution in [3.8, 4) is 0 Å². The third kappa shape index (κ3) is 3.39. The molecule has 0 N–H and O–H groups in total. The van der Waals surface area contributed by atoms with E-state index in [0.29, 0.717) is 0 Å². The molecule has 0 aromatic carbocycles. The van der Waals surface area contributed by atoms with Gasteiger partial charge in [0.15, 0.2) is 0 Å². The molecule has 0 atom stereocenters. The number of hydrogen-bond donors (Lipinski definition) is 0. The van der Waals surface area contributed by atoms with Gasteiger partial charge >= 0.3 is 0 Å². The maximum Gasteiger partial charge on any atom is 0.225 e. The van der Waals surface area contributed by atoms with E-state index in [0.717, 1.165) is 58.1 Å². The molecule has 2 saturated heterocycles. The van der Waals surface area contributed by atoms with Crippen LogP contribution in [0.1, 0.15) is 18.4 Å². The van der Waals surface area contributed by atoms with Gasteiger partial charge in [0.1, 0.15) is 0 Å². The van der Waals surface area contributed by atoms with Crippen molar-refractivity contribution in [1.82, 2.24) is 19.9 Å². The van der Waals surface area contributed by atoms with Gasteiger partial charge in [-0.2, -0.15) is 0 Å². The van der Waals surface area contributed by atoms with Crippen molar-refractivity contribution in [3.05, 3.63) is 48.5 Å². The van der Waals surface area contributed by atoms with Crippen LogP contribution >= 0.6 is 0 Å². The number of pyridine rings is 1. The monoisotopic (exact) mass is 325 g/mol. The molecule has 2 aromatic heterocycles. The van der Waals surface area contributed by atoms with Gasteiger partial charge in [0.05, 0.1) is 18.8 Å². The standard InChI is InChI=1S/C18H23N5O/c1-6-20-17(21-7-1)23-12-13-24-18(15-23)4-10-22(11-5-18)14-16-2-8-19-9-3-16/h1-3,6-9H,4-5,10-15H2. The molecule has 2 fully saturated rings. The smallest absolute Gasteiger partial charge is 0.225 e. The Kier molecular flexibility index (Phi) is 4.40. The molecule has 0 amide bonds. The number of rotatable bonds is 3. The summed E-state index contributed by atoms with van der Waals surface area (Å²) < 4.78 is 6.22. The summed E-state index contributed by atoms with van der Waals surface area (Å²) in [6.07, 6.45) is 9.46. The van der Waals surface area contributed by atoms with Gasteiger partial charge in [-0.15, -0.1) is 0 Å². The average Bonchev–Trinajstić information content (AvgIpc) is 2.66. The lowest BCUT2D eigenvalue weighted by atomic mass is 9.89.